The Morgan fingerprint density at radius 1 is 1.46 bits per heavy atom. The summed E-state index contributed by atoms with van der Waals surface area (Å²) in [6.45, 7) is 3.25. The minimum absolute atomic E-state index is 0.00992. The van der Waals surface area contributed by atoms with Gasteiger partial charge < -0.3 is 15.4 Å². The number of carbonyl (C=O) groups is 2. The number of likely N-dealkylation sites (tertiary alicyclic amines) is 1. The SMILES string of the molecule is COc1cc(C)sc1C(=O)N1CCCC(c2cc(C(N)=O)n[nH]2)C1. The van der Waals surface area contributed by atoms with Gasteiger partial charge in [-0.3, -0.25) is 14.7 Å². The van der Waals surface area contributed by atoms with Crippen molar-refractivity contribution < 1.29 is 14.3 Å². The first kappa shape index (κ1) is 16.5. The van der Waals surface area contributed by atoms with Crippen molar-refractivity contribution in [1.82, 2.24) is 15.1 Å². The molecule has 2 amide bonds. The maximum Gasteiger partial charge on any atom is 0.269 e. The highest BCUT2D eigenvalue weighted by Crippen LogP contribution is 2.32. The molecule has 1 saturated heterocycles. The number of piperidine rings is 1. The first-order valence-electron chi connectivity index (χ1n) is 7.78. The molecule has 24 heavy (non-hydrogen) atoms. The van der Waals surface area contributed by atoms with Gasteiger partial charge in [-0.05, 0) is 31.9 Å². The summed E-state index contributed by atoms with van der Waals surface area (Å²) in [4.78, 5) is 27.6. The molecule has 0 aromatic carbocycles. The molecule has 1 fully saturated rings. The number of aromatic amines is 1. The molecule has 0 saturated carbocycles. The van der Waals surface area contributed by atoms with Crippen LogP contribution in [0.2, 0.25) is 0 Å². The molecule has 2 aromatic heterocycles. The summed E-state index contributed by atoms with van der Waals surface area (Å²) in [5.41, 5.74) is 6.31. The smallest absolute Gasteiger partial charge is 0.269 e. The Labute approximate surface area is 143 Å². The van der Waals surface area contributed by atoms with E-state index >= 15 is 0 Å². The van der Waals surface area contributed by atoms with Gasteiger partial charge in [0.2, 0.25) is 0 Å². The van der Waals surface area contributed by atoms with Gasteiger partial charge in [0.15, 0.2) is 0 Å². The predicted molar refractivity (Wildman–Crippen MR) is 90.6 cm³/mol. The van der Waals surface area contributed by atoms with E-state index in [1.807, 2.05) is 17.9 Å². The van der Waals surface area contributed by atoms with Crippen molar-refractivity contribution in [1.29, 1.82) is 0 Å². The highest BCUT2D eigenvalue weighted by atomic mass is 32.1. The highest BCUT2D eigenvalue weighted by molar-refractivity contribution is 7.14. The third-order valence-electron chi connectivity index (χ3n) is 4.23. The molecule has 3 N–H and O–H groups in total. The molecule has 1 atom stereocenters. The van der Waals surface area contributed by atoms with Crippen molar-refractivity contribution >= 4 is 23.2 Å². The molecule has 0 spiro atoms. The summed E-state index contributed by atoms with van der Waals surface area (Å²) in [5.74, 6) is 0.182. The minimum Gasteiger partial charge on any atom is -0.495 e. The molecule has 1 aliphatic heterocycles. The van der Waals surface area contributed by atoms with Crippen LogP contribution in [-0.2, 0) is 0 Å². The summed E-state index contributed by atoms with van der Waals surface area (Å²) < 4.78 is 5.31. The van der Waals surface area contributed by atoms with Crippen molar-refractivity contribution in [2.24, 2.45) is 5.73 Å². The molecular weight excluding hydrogens is 328 g/mol. The minimum atomic E-state index is -0.556. The van der Waals surface area contributed by atoms with Crippen LogP contribution < -0.4 is 10.5 Å². The topological polar surface area (TPSA) is 101 Å². The molecule has 2 aromatic rings. The van der Waals surface area contributed by atoms with E-state index in [1.165, 1.54) is 11.3 Å². The number of rotatable bonds is 4. The molecule has 1 unspecified atom stereocenters. The zero-order valence-corrected chi connectivity index (χ0v) is 14.5. The van der Waals surface area contributed by atoms with E-state index in [0.29, 0.717) is 23.7 Å². The largest absolute Gasteiger partial charge is 0.495 e. The van der Waals surface area contributed by atoms with E-state index < -0.39 is 5.91 Å². The lowest BCUT2D eigenvalue weighted by Crippen LogP contribution is -2.39. The fourth-order valence-corrected chi connectivity index (χ4v) is 3.97. The van der Waals surface area contributed by atoms with Crippen molar-refractivity contribution in [2.75, 3.05) is 20.2 Å². The number of H-pyrrole nitrogens is 1. The monoisotopic (exact) mass is 348 g/mol. The zero-order chi connectivity index (χ0) is 17.3. The van der Waals surface area contributed by atoms with Gasteiger partial charge >= 0.3 is 0 Å². The fraction of sp³-hybridized carbons (Fsp3) is 0.438. The van der Waals surface area contributed by atoms with Gasteiger partial charge in [0.25, 0.3) is 11.8 Å². The molecule has 8 heteroatoms. The number of primary amides is 1. The lowest BCUT2D eigenvalue weighted by molar-refractivity contribution is 0.0707. The summed E-state index contributed by atoms with van der Waals surface area (Å²) in [7, 11) is 1.58. The quantitative estimate of drug-likeness (QED) is 0.881. The van der Waals surface area contributed by atoms with Gasteiger partial charge in [-0.2, -0.15) is 5.10 Å². The Hall–Kier alpha value is -2.35. The summed E-state index contributed by atoms with van der Waals surface area (Å²) in [6, 6.07) is 3.56. The van der Waals surface area contributed by atoms with Crippen molar-refractivity contribution in [3.05, 3.63) is 33.3 Å². The molecule has 1 aliphatic rings. The molecule has 0 bridgehead atoms. The second-order valence-electron chi connectivity index (χ2n) is 5.92. The number of thiophene rings is 1. The Balaban J connectivity index is 1.77. The number of amides is 2. The van der Waals surface area contributed by atoms with Crippen LogP contribution in [0.3, 0.4) is 0 Å². The molecule has 3 rings (SSSR count). The van der Waals surface area contributed by atoms with Crippen LogP contribution in [0, 0.1) is 6.92 Å². The lowest BCUT2D eigenvalue weighted by Gasteiger charge is -2.32. The normalized spacial score (nSPS) is 17.8. The van der Waals surface area contributed by atoms with Crippen LogP contribution in [0.4, 0.5) is 0 Å². The first-order chi connectivity index (χ1) is 11.5. The van der Waals surface area contributed by atoms with Gasteiger partial charge in [-0.15, -0.1) is 11.3 Å². The zero-order valence-electron chi connectivity index (χ0n) is 13.7. The number of hydrogen-bond donors (Lipinski definition) is 2. The Bertz CT molecular complexity index is 767. The standard InChI is InChI=1S/C16H20N4O3S/c1-9-6-13(23-2)14(24-9)16(22)20-5-3-4-10(8-20)11-7-12(15(17)21)19-18-11/h6-7,10H,3-5,8H2,1-2H3,(H2,17,21)(H,18,19). The summed E-state index contributed by atoms with van der Waals surface area (Å²) in [5, 5.41) is 6.80. The van der Waals surface area contributed by atoms with Gasteiger partial charge in [-0.1, -0.05) is 0 Å². The van der Waals surface area contributed by atoms with Crippen LogP contribution in [0.5, 0.6) is 5.75 Å². The third-order valence-corrected chi connectivity index (χ3v) is 5.25. The number of methoxy groups -OCH3 is 1. The van der Waals surface area contributed by atoms with E-state index in [1.54, 1.807) is 13.2 Å². The number of hydrogen-bond acceptors (Lipinski definition) is 5. The van der Waals surface area contributed by atoms with Crippen LogP contribution in [-0.4, -0.2) is 47.1 Å². The van der Waals surface area contributed by atoms with Crippen LogP contribution in [0.15, 0.2) is 12.1 Å². The van der Waals surface area contributed by atoms with E-state index in [0.717, 1.165) is 23.4 Å². The number of aromatic nitrogens is 2. The van der Waals surface area contributed by atoms with Crippen molar-refractivity contribution in [2.45, 2.75) is 25.7 Å². The molecule has 0 radical (unpaired) electrons. The molecule has 7 nitrogen and oxygen atoms in total. The third kappa shape index (κ3) is 3.14. The lowest BCUT2D eigenvalue weighted by atomic mass is 9.94. The second kappa shape index (κ2) is 6.64. The molecule has 128 valence electrons. The van der Waals surface area contributed by atoms with Crippen LogP contribution >= 0.6 is 11.3 Å². The first-order valence-corrected chi connectivity index (χ1v) is 8.60. The summed E-state index contributed by atoms with van der Waals surface area (Å²) >= 11 is 1.45. The predicted octanol–water partition coefficient (Wildman–Crippen LogP) is 1.91. The number of nitrogens with zero attached hydrogens (tertiary/aromatic N) is 2. The molecular formula is C16H20N4O3S. The van der Waals surface area contributed by atoms with Gasteiger partial charge in [0, 0.05) is 29.6 Å². The fourth-order valence-electron chi connectivity index (χ4n) is 3.02. The van der Waals surface area contributed by atoms with Gasteiger partial charge in [0.05, 0.1) is 7.11 Å². The average Bonchev–Trinajstić information content (AvgIpc) is 3.21. The number of carbonyl (C=O) groups excluding carboxylic acids is 2. The second-order valence-corrected chi connectivity index (χ2v) is 7.17. The maximum absolute atomic E-state index is 12.8. The van der Waals surface area contributed by atoms with Crippen molar-refractivity contribution in [3.63, 3.8) is 0 Å². The van der Waals surface area contributed by atoms with Gasteiger partial charge in [-0.25, -0.2) is 0 Å². The highest BCUT2D eigenvalue weighted by Gasteiger charge is 2.29. The van der Waals surface area contributed by atoms with Crippen molar-refractivity contribution in [3.8, 4) is 5.75 Å². The molecule has 3 heterocycles. The number of nitrogens with two attached hydrogens (primary N) is 1. The Morgan fingerprint density at radius 2 is 2.25 bits per heavy atom. The molecule has 0 aliphatic carbocycles. The average molecular weight is 348 g/mol. The van der Waals surface area contributed by atoms with Crippen LogP contribution in [0.1, 0.15) is 49.5 Å². The summed E-state index contributed by atoms with van der Waals surface area (Å²) in [6.07, 6.45) is 1.83. The number of nitrogens with one attached hydrogen (secondary N) is 1. The maximum atomic E-state index is 12.8. The Morgan fingerprint density at radius 3 is 2.92 bits per heavy atom. The Kier molecular flexibility index (Phi) is 4.57. The number of ether oxygens (including phenoxy) is 1. The van der Waals surface area contributed by atoms with E-state index in [9.17, 15) is 9.59 Å². The van der Waals surface area contributed by atoms with Gasteiger partial charge in [0.1, 0.15) is 16.3 Å². The van der Waals surface area contributed by atoms with E-state index in [-0.39, 0.29) is 17.5 Å². The van der Waals surface area contributed by atoms with E-state index in [2.05, 4.69) is 10.2 Å². The van der Waals surface area contributed by atoms with E-state index in [4.69, 9.17) is 10.5 Å². The number of aryl methyl sites for hydroxylation is 1. The van der Waals surface area contributed by atoms with Crippen LogP contribution in [0.25, 0.3) is 0 Å².